The van der Waals surface area contributed by atoms with E-state index >= 15 is 0 Å². The Morgan fingerprint density at radius 3 is 2.69 bits per heavy atom. The molecule has 0 saturated carbocycles. The van der Waals surface area contributed by atoms with Crippen LogP contribution in [0.5, 0.6) is 5.75 Å². The van der Waals surface area contributed by atoms with Crippen molar-refractivity contribution in [1.29, 1.82) is 0 Å². The first-order valence-corrected chi connectivity index (χ1v) is 8.02. The number of alkyl halides is 2. The van der Waals surface area contributed by atoms with Crippen LogP contribution < -0.4 is 10.1 Å². The minimum absolute atomic E-state index is 0.00616. The molecule has 0 aliphatic heterocycles. The molecule has 1 amide bonds. The fourth-order valence-electron chi connectivity index (χ4n) is 2.37. The van der Waals surface area contributed by atoms with Crippen LogP contribution in [0.1, 0.15) is 15.9 Å². The van der Waals surface area contributed by atoms with Crippen LogP contribution in [-0.4, -0.2) is 22.3 Å². The van der Waals surface area contributed by atoms with E-state index in [1.54, 1.807) is 23.0 Å². The average molecular weight is 378 g/mol. The molecular weight excluding hydrogens is 364 g/mol. The molecule has 0 aliphatic rings. The molecule has 1 aromatic heterocycles. The molecule has 1 heterocycles. The fourth-order valence-corrected chi connectivity index (χ4v) is 2.56. The summed E-state index contributed by atoms with van der Waals surface area (Å²) in [6, 6.07) is 13.1. The Hall–Kier alpha value is -2.93. The fraction of sp³-hybridized carbons (Fsp3) is 0.111. The third-order valence-corrected chi connectivity index (χ3v) is 3.90. The Bertz CT molecular complexity index is 915. The third kappa shape index (κ3) is 4.37. The summed E-state index contributed by atoms with van der Waals surface area (Å²) in [5.74, 6) is -0.762. The summed E-state index contributed by atoms with van der Waals surface area (Å²) in [6.45, 7) is -2.58. The van der Waals surface area contributed by atoms with Crippen molar-refractivity contribution < 1.29 is 18.3 Å². The number of nitrogens with zero attached hydrogens (tertiary/aromatic N) is 2. The molecule has 2 aromatic carbocycles. The maximum atomic E-state index is 12.5. The number of amides is 1. The Kier molecular flexibility index (Phi) is 5.48. The lowest BCUT2D eigenvalue weighted by Gasteiger charge is -2.10. The standard InChI is InChI=1S/C18H14ClF2N3O2/c19-15-7-3-1-5-12(15)10-24-11-13(9-22-24)23-17(25)14-6-2-4-8-16(14)26-18(20)21/h1-9,11,18H,10H2,(H,23,25). The number of halogens is 3. The van der Waals surface area contributed by atoms with E-state index in [1.165, 1.54) is 24.4 Å². The first-order chi connectivity index (χ1) is 12.5. The number of para-hydroxylation sites is 1. The quantitative estimate of drug-likeness (QED) is 0.691. The molecular formula is C18H14ClF2N3O2. The summed E-state index contributed by atoms with van der Waals surface area (Å²) in [6.07, 6.45) is 3.09. The van der Waals surface area contributed by atoms with Crippen LogP contribution in [-0.2, 0) is 6.54 Å². The first-order valence-electron chi connectivity index (χ1n) is 7.64. The van der Waals surface area contributed by atoms with Gasteiger partial charge in [-0.1, -0.05) is 41.9 Å². The lowest BCUT2D eigenvalue weighted by atomic mass is 10.2. The van der Waals surface area contributed by atoms with Crippen LogP contribution >= 0.6 is 11.6 Å². The van der Waals surface area contributed by atoms with E-state index in [9.17, 15) is 13.6 Å². The van der Waals surface area contributed by atoms with Gasteiger partial charge in [-0.3, -0.25) is 9.48 Å². The van der Waals surface area contributed by atoms with E-state index in [1.807, 2.05) is 18.2 Å². The van der Waals surface area contributed by atoms with Crippen LogP contribution in [0.3, 0.4) is 0 Å². The smallest absolute Gasteiger partial charge is 0.387 e. The third-order valence-electron chi connectivity index (χ3n) is 3.53. The minimum Gasteiger partial charge on any atom is -0.434 e. The molecule has 1 N–H and O–H groups in total. The van der Waals surface area contributed by atoms with Crippen molar-refractivity contribution in [3.63, 3.8) is 0 Å². The maximum Gasteiger partial charge on any atom is 0.387 e. The zero-order valence-corrected chi connectivity index (χ0v) is 14.2. The van der Waals surface area contributed by atoms with Crippen LogP contribution in [0.25, 0.3) is 0 Å². The molecule has 26 heavy (non-hydrogen) atoms. The van der Waals surface area contributed by atoms with Gasteiger partial charge in [-0.05, 0) is 23.8 Å². The van der Waals surface area contributed by atoms with Gasteiger partial charge < -0.3 is 10.1 Å². The highest BCUT2D eigenvalue weighted by molar-refractivity contribution is 6.31. The molecule has 0 saturated heterocycles. The second-order valence-electron chi connectivity index (χ2n) is 5.35. The van der Waals surface area contributed by atoms with Gasteiger partial charge in [0.05, 0.1) is 24.0 Å². The zero-order chi connectivity index (χ0) is 18.5. The minimum atomic E-state index is -3.01. The molecule has 134 valence electrons. The molecule has 0 aliphatic carbocycles. The zero-order valence-electron chi connectivity index (χ0n) is 13.4. The summed E-state index contributed by atoms with van der Waals surface area (Å²) < 4.78 is 30.9. The van der Waals surface area contributed by atoms with Gasteiger partial charge in [-0.15, -0.1) is 0 Å². The molecule has 8 heteroatoms. The van der Waals surface area contributed by atoms with Gasteiger partial charge in [0.2, 0.25) is 0 Å². The van der Waals surface area contributed by atoms with Crippen LogP contribution in [0.2, 0.25) is 5.02 Å². The van der Waals surface area contributed by atoms with Crippen LogP contribution in [0.15, 0.2) is 60.9 Å². The molecule has 0 radical (unpaired) electrons. The van der Waals surface area contributed by atoms with E-state index in [0.717, 1.165) is 5.56 Å². The number of nitrogens with one attached hydrogen (secondary N) is 1. The molecule has 3 aromatic rings. The Labute approximate surface area is 153 Å². The Morgan fingerprint density at radius 1 is 1.19 bits per heavy atom. The first kappa shape index (κ1) is 17.9. The Morgan fingerprint density at radius 2 is 1.92 bits per heavy atom. The van der Waals surface area contributed by atoms with Gasteiger partial charge in [0.25, 0.3) is 5.91 Å². The van der Waals surface area contributed by atoms with E-state index < -0.39 is 12.5 Å². The van der Waals surface area contributed by atoms with Crippen LogP contribution in [0.4, 0.5) is 14.5 Å². The summed E-state index contributed by atoms with van der Waals surface area (Å²) in [7, 11) is 0. The molecule has 0 bridgehead atoms. The van der Waals surface area contributed by atoms with Crippen molar-refractivity contribution >= 4 is 23.2 Å². The summed E-state index contributed by atoms with van der Waals surface area (Å²) in [5.41, 5.74) is 1.31. The Balaban J connectivity index is 1.71. The SMILES string of the molecule is O=C(Nc1cnn(Cc2ccccc2Cl)c1)c1ccccc1OC(F)F. The topological polar surface area (TPSA) is 56.2 Å². The largest absolute Gasteiger partial charge is 0.434 e. The van der Waals surface area contributed by atoms with Gasteiger partial charge in [0.1, 0.15) is 5.75 Å². The molecule has 5 nitrogen and oxygen atoms in total. The number of carbonyl (C=O) groups is 1. The van der Waals surface area contributed by atoms with Gasteiger partial charge in [0, 0.05) is 11.2 Å². The average Bonchev–Trinajstić information content (AvgIpc) is 3.04. The highest BCUT2D eigenvalue weighted by Crippen LogP contribution is 2.22. The summed E-state index contributed by atoms with van der Waals surface area (Å²) >= 11 is 6.12. The number of hydrogen-bond acceptors (Lipinski definition) is 3. The lowest BCUT2D eigenvalue weighted by molar-refractivity contribution is -0.0501. The molecule has 0 fully saturated rings. The van der Waals surface area contributed by atoms with E-state index in [-0.39, 0.29) is 11.3 Å². The van der Waals surface area contributed by atoms with E-state index in [2.05, 4.69) is 15.2 Å². The van der Waals surface area contributed by atoms with Gasteiger partial charge in [-0.25, -0.2) is 0 Å². The van der Waals surface area contributed by atoms with Crippen molar-refractivity contribution in [2.75, 3.05) is 5.32 Å². The molecule has 0 atom stereocenters. The number of carbonyl (C=O) groups excluding carboxylic acids is 1. The number of ether oxygens (including phenoxy) is 1. The van der Waals surface area contributed by atoms with Crippen molar-refractivity contribution in [3.05, 3.63) is 77.1 Å². The molecule has 0 unspecified atom stereocenters. The highest BCUT2D eigenvalue weighted by atomic mass is 35.5. The van der Waals surface area contributed by atoms with Crippen LogP contribution in [0, 0.1) is 0 Å². The second-order valence-corrected chi connectivity index (χ2v) is 5.75. The maximum absolute atomic E-state index is 12.5. The van der Waals surface area contributed by atoms with E-state index in [4.69, 9.17) is 11.6 Å². The van der Waals surface area contributed by atoms with Gasteiger partial charge >= 0.3 is 6.61 Å². The van der Waals surface area contributed by atoms with E-state index in [0.29, 0.717) is 17.3 Å². The lowest BCUT2D eigenvalue weighted by Crippen LogP contribution is -2.14. The highest BCUT2D eigenvalue weighted by Gasteiger charge is 2.16. The summed E-state index contributed by atoms with van der Waals surface area (Å²) in [5, 5.41) is 7.39. The van der Waals surface area contributed by atoms with Gasteiger partial charge in [0.15, 0.2) is 0 Å². The predicted molar refractivity (Wildman–Crippen MR) is 93.8 cm³/mol. The number of anilines is 1. The normalized spacial score (nSPS) is 10.8. The number of rotatable bonds is 6. The van der Waals surface area contributed by atoms with Crippen molar-refractivity contribution in [2.24, 2.45) is 0 Å². The monoisotopic (exact) mass is 377 g/mol. The van der Waals surface area contributed by atoms with Crippen molar-refractivity contribution in [2.45, 2.75) is 13.2 Å². The second kappa shape index (κ2) is 7.97. The molecule has 0 spiro atoms. The predicted octanol–water partition coefficient (Wildman–Crippen LogP) is 4.44. The number of aromatic nitrogens is 2. The summed E-state index contributed by atoms with van der Waals surface area (Å²) in [4.78, 5) is 12.3. The van der Waals surface area contributed by atoms with Crippen molar-refractivity contribution in [1.82, 2.24) is 9.78 Å². The molecule has 3 rings (SSSR count). The number of hydrogen-bond donors (Lipinski definition) is 1. The van der Waals surface area contributed by atoms with Gasteiger partial charge in [-0.2, -0.15) is 13.9 Å². The number of benzene rings is 2. The van der Waals surface area contributed by atoms with Crippen molar-refractivity contribution in [3.8, 4) is 5.75 Å².